The fraction of sp³-hybridized carbons (Fsp3) is 0.956. The topological polar surface area (TPSA) is 238 Å². The van der Waals surface area contributed by atoms with Crippen LogP contribution in [0.2, 0.25) is 0 Å². The molecule has 9 N–H and O–H groups in total. The van der Waals surface area contributed by atoms with Gasteiger partial charge in [0.2, 0.25) is 0 Å². The van der Waals surface area contributed by atoms with Gasteiger partial charge in [0.25, 0.3) is 0 Å². The standard InChI is InChI=1S/C45H73NO15/c1-19-9-14-45(46-17-19)20(2)30-28(61-45)16-27-25-8-7-23-15-24(10-12-43(23,5)26(25)11-13-44(27,30)6)57-42-39(60-41-36(53)34(51)32(49)22(4)56-41)37(54)38(29(18-47)58-42)59-40-35(52)33(50)31(48)21(3)55-40/h7,19-22,24-42,46-54H,8-18H2,1-6H3/t19-,20?,21?,22?,24?,25?,26?,27?,28?,29?,30?,31?,32?,33?,34?,35?,36?,37?,38?,39?,40?,41?,42?,43?,44?,45?/m1/s1. The molecule has 16 nitrogen and oxygen atoms in total. The normalized spacial score (nSPS) is 58.4. The van der Waals surface area contributed by atoms with E-state index in [0.717, 1.165) is 32.2 Å². The van der Waals surface area contributed by atoms with Gasteiger partial charge >= 0.3 is 0 Å². The lowest BCUT2D eigenvalue weighted by molar-refractivity contribution is -0.388. The minimum Gasteiger partial charge on any atom is -0.394 e. The summed E-state index contributed by atoms with van der Waals surface area (Å²) in [7, 11) is 0. The summed E-state index contributed by atoms with van der Waals surface area (Å²) in [6.07, 6.45) is -9.93. The summed E-state index contributed by atoms with van der Waals surface area (Å²) in [5, 5.41) is 89.8. The van der Waals surface area contributed by atoms with Crippen molar-refractivity contribution in [3.8, 4) is 0 Å². The predicted octanol–water partition coefficient (Wildman–Crippen LogP) is 0.815. The molecule has 0 aromatic carbocycles. The van der Waals surface area contributed by atoms with E-state index in [1.807, 2.05) is 0 Å². The summed E-state index contributed by atoms with van der Waals surface area (Å²) in [4.78, 5) is 0. The number of piperidine rings is 1. The van der Waals surface area contributed by atoms with Gasteiger partial charge in [-0.1, -0.05) is 39.3 Å². The van der Waals surface area contributed by atoms with E-state index in [2.05, 4.69) is 39.1 Å². The predicted molar refractivity (Wildman–Crippen MR) is 215 cm³/mol. The zero-order chi connectivity index (χ0) is 43.5. The lowest BCUT2D eigenvalue weighted by atomic mass is 9.47. The van der Waals surface area contributed by atoms with Crippen molar-refractivity contribution in [1.29, 1.82) is 0 Å². The highest BCUT2D eigenvalue weighted by molar-refractivity contribution is 5.26. The van der Waals surface area contributed by atoms with E-state index in [1.54, 1.807) is 0 Å². The maximum absolute atomic E-state index is 12.0. The summed E-state index contributed by atoms with van der Waals surface area (Å²) in [6.45, 7) is 13.2. The van der Waals surface area contributed by atoms with Crippen molar-refractivity contribution in [3.05, 3.63) is 11.6 Å². The zero-order valence-electron chi connectivity index (χ0n) is 36.6. The van der Waals surface area contributed by atoms with Gasteiger partial charge in [-0.2, -0.15) is 0 Å². The SMILES string of the molecule is CC1OC(OC2C(CO)OC(OC3CCC4(C)C(=CCC5C4CCC4(C)C5CC5OC6(CC[C@@H](C)CN6)C(C)C54)C3)C(OC3OC(C)C(O)C(O)C3O)C2O)C(O)C(O)C1O. The highest BCUT2D eigenvalue weighted by Crippen LogP contribution is 2.70. The minimum absolute atomic E-state index is 0.00472. The van der Waals surface area contributed by atoms with Crippen molar-refractivity contribution in [2.75, 3.05) is 13.2 Å². The number of rotatable bonds is 7. The molecule has 0 bridgehead atoms. The fourth-order valence-electron chi connectivity index (χ4n) is 14.2. The Morgan fingerprint density at radius 1 is 0.705 bits per heavy atom. The monoisotopic (exact) mass is 867 g/mol. The quantitative estimate of drug-likeness (QED) is 0.161. The maximum atomic E-state index is 12.0. The second kappa shape index (κ2) is 16.8. The molecule has 3 saturated carbocycles. The molecule has 25 unspecified atom stereocenters. The lowest BCUT2D eigenvalue weighted by Gasteiger charge is -2.59. The van der Waals surface area contributed by atoms with E-state index in [-0.39, 0.29) is 22.7 Å². The van der Waals surface area contributed by atoms with E-state index < -0.39 is 98.7 Å². The molecule has 16 heteroatoms. The Balaban J connectivity index is 0.916. The Morgan fingerprint density at radius 3 is 1.98 bits per heavy atom. The van der Waals surface area contributed by atoms with Crippen LogP contribution in [0.3, 0.4) is 0 Å². The molecule has 9 aliphatic rings. The summed E-state index contributed by atoms with van der Waals surface area (Å²) in [5.41, 5.74) is 1.41. The van der Waals surface area contributed by atoms with Crippen LogP contribution in [0, 0.1) is 46.3 Å². The molecule has 5 saturated heterocycles. The zero-order valence-corrected chi connectivity index (χ0v) is 36.6. The van der Waals surface area contributed by atoms with Crippen LogP contribution < -0.4 is 5.32 Å². The molecule has 8 fully saturated rings. The second-order valence-corrected chi connectivity index (χ2v) is 21.2. The van der Waals surface area contributed by atoms with Crippen molar-refractivity contribution in [1.82, 2.24) is 5.32 Å². The van der Waals surface area contributed by atoms with E-state index >= 15 is 0 Å². The first-order chi connectivity index (χ1) is 28.9. The third kappa shape index (κ3) is 7.42. The van der Waals surface area contributed by atoms with Crippen LogP contribution >= 0.6 is 0 Å². The van der Waals surface area contributed by atoms with Gasteiger partial charge in [-0.3, -0.25) is 5.32 Å². The fourth-order valence-corrected chi connectivity index (χ4v) is 14.2. The van der Waals surface area contributed by atoms with Crippen LogP contribution in [0.15, 0.2) is 11.6 Å². The molecular formula is C45H73NO15. The average Bonchev–Trinajstić information content (AvgIpc) is 3.69. The third-order valence-electron chi connectivity index (χ3n) is 17.9. The number of allylic oxidation sites excluding steroid dienone is 1. The Labute approximate surface area is 359 Å². The first-order valence-corrected chi connectivity index (χ1v) is 23.3. The lowest BCUT2D eigenvalue weighted by Crippen LogP contribution is -2.66. The molecule has 348 valence electrons. The van der Waals surface area contributed by atoms with Crippen molar-refractivity contribution >= 4 is 0 Å². The number of aliphatic hydroxyl groups is 8. The van der Waals surface area contributed by atoms with Crippen LogP contribution in [0.5, 0.6) is 0 Å². The summed E-state index contributed by atoms with van der Waals surface area (Å²) in [6, 6.07) is 0. The number of fused-ring (bicyclic) bond motifs is 7. The van der Waals surface area contributed by atoms with Crippen molar-refractivity contribution < 1.29 is 74.0 Å². The molecule has 5 aliphatic heterocycles. The molecular weight excluding hydrogens is 794 g/mol. The molecule has 0 aromatic rings. The second-order valence-electron chi connectivity index (χ2n) is 21.2. The van der Waals surface area contributed by atoms with Crippen molar-refractivity contribution in [3.63, 3.8) is 0 Å². The van der Waals surface area contributed by atoms with E-state index in [4.69, 9.17) is 33.2 Å². The van der Waals surface area contributed by atoms with Crippen molar-refractivity contribution in [2.45, 2.75) is 209 Å². The summed E-state index contributed by atoms with van der Waals surface area (Å²) in [5.74, 6) is 3.43. The van der Waals surface area contributed by atoms with Crippen LogP contribution in [0.1, 0.15) is 99.3 Å². The van der Waals surface area contributed by atoms with Gasteiger partial charge in [0.15, 0.2) is 18.9 Å². The van der Waals surface area contributed by atoms with E-state index in [1.165, 1.54) is 38.7 Å². The van der Waals surface area contributed by atoms with Gasteiger partial charge in [0.05, 0.1) is 31.0 Å². The number of aliphatic hydroxyl groups excluding tert-OH is 8. The molecule has 0 radical (unpaired) electrons. The Bertz CT molecular complexity index is 1600. The summed E-state index contributed by atoms with van der Waals surface area (Å²) >= 11 is 0. The molecule has 9 rings (SSSR count). The Kier molecular flexibility index (Phi) is 12.4. The molecule has 5 heterocycles. The van der Waals surface area contributed by atoms with Gasteiger partial charge in [0.1, 0.15) is 66.8 Å². The number of hydrogen-bond acceptors (Lipinski definition) is 16. The number of nitrogens with one attached hydrogen (secondary N) is 1. The van der Waals surface area contributed by atoms with Gasteiger partial charge in [0, 0.05) is 12.5 Å². The van der Waals surface area contributed by atoms with Crippen LogP contribution in [-0.4, -0.2) is 164 Å². The third-order valence-corrected chi connectivity index (χ3v) is 17.9. The first-order valence-electron chi connectivity index (χ1n) is 23.3. The van der Waals surface area contributed by atoms with Gasteiger partial charge < -0.3 is 74.0 Å². The maximum Gasteiger partial charge on any atom is 0.187 e. The van der Waals surface area contributed by atoms with Crippen molar-refractivity contribution in [2.24, 2.45) is 46.3 Å². The highest BCUT2D eigenvalue weighted by Gasteiger charge is 2.68. The van der Waals surface area contributed by atoms with Crippen LogP contribution in [0.25, 0.3) is 0 Å². The molecule has 0 amide bonds. The molecule has 26 atom stereocenters. The highest BCUT2D eigenvalue weighted by atomic mass is 16.8. The molecule has 0 aromatic heterocycles. The van der Waals surface area contributed by atoms with Gasteiger partial charge in [-0.15, -0.1) is 0 Å². The largest absolute Gasteiger partial charge is 0.394 e. The smallest absolute Gasteiger partial charge is 0.187 e. The van der Waals surface area contributed by atoms with Crippen LogP contribution in [-0.2, 0) is 33.2 Å². The van der Waals surface area contributed by atoms with E-state index in [0.29, 0.717) is 54.5 Å². The Morgan fingerprint density at radius 2 is 1.36 bits per heavy atom. The van der Waals surface area contributed by atoms with Gasteiger partial charge in [-0.05, 0) is 112 Å². The van der Waals surface area contributed by atoms with E-state index in [9.17, 15) is 40.9 Å². The molecule has 4 aliphatic carbocycles. The summed E-state index contributed by atoms with van der Waals surface area (Å²) < 4.78 is 43.7. The Hall–Kier alpha value is -0.900. The number of ether oxygens (including phenoxy) is 7. The minimum atomic E-state index is -1.70. The molecule has 1 spiro atoms. The van der Waals surface area contributed by atoms with Crippen LogP contribution in [0.4, 0.5) is 0 Å². The average molecular weight is 868 g/mol. The molecule has 61 heavy (non-hydrogen) atoms. The number of hydrogen-bond donors (Lipinski definition) is 9. The van der Waals surface area contributed by atoms with Gasteiger partial charge in [-0.25, -0.2) is 0 Å². The first kappa shape index (κ1) is 45.3.